The van der Waals surface area contributed by atoms with Gasteiger partial charge in [0.1, 0.15) is 11.4 Å². The summed E-state index contributed by atoms with van der Waals surface area (Å²) < 4.78 is 19.4. The highest BCUT2D eigenvalue weighted by atomic mass is 16.6. The number of amides is 1. The summed E-state index contributed by atoms with van der Waals surface area (Å²) in [5, 5.41) is 6.06. The van der Waals surface area contributed by atoms with E-state index in [2.05, 4.69) is 24.0 Å². The van der Waals surface area contributed by atoms with E-state index in [1.807, 2.05) is 38.6 Å². The van der Waals surface area contributed by atoms with E-state index in [4.69, 9.17) is 19.3 Å². The molecule has 184 valence electrons. The van der Waals surface area contributed by atoms with Crippen LogP contribution in [-0.4, -0.2) is 71.7 Å². The zero-order valence-electron chi connectivity index (χ0n) is 21.1. The number of hydrogen-bond acceptors (Lipinski definition) is 6. The lowest BCUT2D eigenvalue weighted by atomic mass is 10.1. The summed E-state index contributed by atoms with van der Waals surface area (Å²) >= 11 is 0. The molecule has 0 saturated carbocycles. The van der Waals surface area contributed by atoms with E-state index in [1.165, 1.54) is 0 Å². The molecule has 1 fully saturated rings. The van der Waals surface area contributed by atoms with Gasteiger partial charge in [-0.15, -0.1) is 0 Å². The van der Waals surface area contributed by atoms with Gasteiger partial charge in [0.05, 0.1) is 17.8 Å². The Balaban J connectivity index is 1.74. The molecule has 0 bridgehead atoms. The summed E-state index contributed by atoms with van der Waals surface area (Å²) in [4.78, 5) is 16.0. The minimum atomic E-state index is -0.498. The maximum Gasteiger partial charge on any atom is 0.410 e. The first-order valence-electron chi connectivity index (χ1n) is 12.1. The number of ether oxygens (including phenoxy) is 3. The highest BCUT2D eigenvalue weighted by Crippen LogP contribution is 2.31. The number of carbonyl (C=O) groups is 1. The molecule has 2 heterocycles. The van der Waals surface area contributed by atoms with E-state index in [0.717, 1.165) is 54.6 Å². The number of rotatable bonds is 9. The first-order chi connectivity index (χ1) is 15.7. The molecule has 0 spiro atoms. The second-order valence-electron chi connectivity index (χ2n) is 9.88. The monoisotopic (exact) mass is 460 g/mol. The molecule has 8 nitrogen and oxygen atoms in total. The smallest absolute Gasteiger partial charge is 0.410 e. The fraction of sp³-hybridized carbons (Fsp3) is 0.680. The normalized spacial score (nSPS) is 16.9. The molecule has 1 aliphatic rings. The maximum atomic E-state index is 12.2. The Morgan fingerprint density at radius 3 is 2.70 bits per heavy atom. The largest absolute Gasteiger partial charge is 0.494 e. The lowest BCUT2D eigenvalue weighted by Crippen LogP contribution is -2.38. The van der Waals surface area contributed by atoms with Crippen molar-refractivity contribution in [3.05, 3.63) is 23.9 Å². The Labute approximate surface area is 197 Å². The molecule has 1 aromatic heterocycles. The van der Waals surface area contributed by atoms with Crippen molar-refractivity contribution in [3.63, 3.8) is 0 Å². The fourth-order valence-electron chi connectivity index (χ4n) is 3.83. The van der Waals surface area contributed by atoms with Crippen LogP contribution in [0.25, 0.3) is 10.9 Å². The Morgan fingerprint density at radius 2 is 2.03 bits per heavy atom. The van der Waals surface area contributed by atoms with Gasteiger partial charge >= 0.3 is 6.09 Å². The standard InChI is InChI=1S/C25H40N4O4/c1-7-15-31-19-11-12-22-20(17-19)21(26-29(22)23-10-8-9-16-32-23)18-27(5)13-14-28(6)24(30)33-25(2,3)4/h11-12,17,23H,7-10,13-16,18H2,1-6H3. The molecule has 1 aliphatic heterocycles. The zero-order valence-corrected chi connectivity index (χ0v) is 21.1. The zero-order chi connectivity index (χ0) is 24.0. The summed E-state index contributed by atoms with van der Waals surface area (Å²) in [5.74, 6) is 0.863. The second-order valence-corrected chi connectivity index (χ2v) is 9.88. The highest BCUT2D eigenvalue weighted by molar-refractivity contribution is 5.83. The lowest BCUT2D eigenvalue weighted by molar-refractivity contribution is -0.0370. The van der Waals surface area contributed by atoms with Crippen LogP contribution in [0.4, 0.5) is 4.79 Å². The van der Waals surface area contributed by atoms with Gasteiger partial charge in [-0.05, 0) is 71.7 Å². The summed E-state index contributed by atoms with van der Waals surface area (Å²) in [6, 6.07) is 6.20. The van der Waals surface area contributed by atoms with Crippen molar-refractivity contribution in [2.45, 2.75) is 71.8 Å². The number of nitrogens with zero attached hydrogens (tertiary/aromatic N) is 4. The molecule has 8 heteroatoms. The molecule has 1 unspecified atom stereocenters. The third-order valence-corrected chi connectivity index (χ3v) is 5.60. The van der Waals surface area contributed by atoms with Crippen molar-refractivity contribution >= 4 is 17.0 Å². The van der Waals surface area contributed by atoms with Gasteiger partial charge in [-0.1, -0.05) is 6.92 Å². The van der Waals surface area contributed by atoms with E-state index >= 15 is 0 Å². The molecular weight excluding hydrogens is 420 g/mol. The molecule has 0 aliphatic carbocycles. The van der Waals surface area contributed by atoms with Crippen LogP contribution in [0.5, 0.6) is 5.75 Å². The number of carbonyl (C=O) groups excluding carboxylic acids is 1. The Hall–Kier alpha value is -2.32. The highest BCUT2D eigenvalue weighted by Gasteiger charge is 2.23. The fourth-order valence-corrected chi connectivity index (χ4v) is 3.83. The van der Waals surface area contributed by atoms with E-state index in [9.17, 15) is 4.79 Å². The van der Waals surface area contributed by atoms with Crippen LogP contribution in [0.3, 0.4) is 0 Å². The van der Waals surface area contributed by atoms with Crippen LogP contribution < -0.4 is 4.74 Å². The van der Waals surface area contributed by atoms with Crippen molar-refractivity contribution in [2.75, 3.05) is 40.4 Å². The van der Waals surface area contributed by atoms with Crippen molar-refractivity contribution in [1.29, 1.82) is 0 Å². The van der Waals surface area contributed by atoms with Gasteiger partial charge in [0, 0.05) is 38.7 Å². The van der Waals surface area contributed by atoms with E-state index < -0.39 is 5.60 Å². The second kappa shape index (κ2) is 11.2. The number of likely N-dealkylation sites (N-methyl/N-ethyl adjacent to an activating group) is 2. The number of hydrogen-bond donors (Lipinski definition) is 0. The molecule has 1 atom stereocenters. The average molecular weight is 461 g/mol. The van der Waals surface area contributed by atoms with Gasteiger partial charge in [-0.3, -0.25) is 4.90 Å². The van der Waals surface area contributed by atoms with Crippen molar-refractivity contribution in [2.24, 2.45) is 0 Å². The Morgan fingerprint density at radius 1 is 1.24 bits per heavy atom. The van der Waals surface area contributed by atoms with Gasteiger partial charge in [0.15, 0.2) is 6.23 Å². The van der Waals surface area contributed by atoms with Crippen LogP contribution in [0, 0.1) is 0 Å². The van der Waals surface area contributed by atoms with Crippen LogP contribution >= 0.6 is 0 Å². The molecule has 1 amide bonds. The minimum Gasteiger partial charge on any atom is -0.494 e. The van der Waals surface area contributed by atoms with Crippen LogP contribution in [0.1, 0.15) is 65.3 Å². The molecule has 3 rings (SSSR count). The number of aromatic nitrogens is 2. The van der Waals surface area contributed by atoms with Crippen molar-refractivity contribution < 1.29 is 19.0 Å². The number of benzene rings is 1. The van der Waals surface area contributed by atoms with Gasteiger partial charge in [0.2, 0.25) is 0 Å². The minimum absolute atomic E-state index is 0.0268. The molecular formula is C25H40N4O4. The summed E-state index contributed by atoms with van der Waals surface area (Å²) in [5.41, 5.74) is 1.56. The SMILES string of the molecule is CCCOc1ccc2c(c1)c(CN(C)CCN(C)C(=O)OC(C)(C)C)nn2C1CCCCO1. The van der Waals surface area contributed by atoms with E-state index in [1.54, 1.807) is 11.9 Å². The molecule has 33 heavy (non-hydrogen) atoms. The van der Waals surface area contributed by atoms with E-state index in [-0.39, 0.29) is 12.3 Å². The van der Waals surface area contributed by atoms with Crippen LogP contribution in [0.15, 0.2) is 18.2 Å². The molecule has 2 aromatic rings. The number of fused-ring (bicyclic) bond motifs is 1. The van der Waals surface area contributed by atoms with E-state index in [0.29, 0.717) is 26.2 Å². The summed E-state index contributed by atoms with van der Waals surface area (Å²) in [6.07, 6.45) is 3.86. The first kappa shape index (κ1) is 25.3. The predicted octanol–water partition coefficient (Wildman–Crippen LogP) is 4.82. The Bertz CT molecular complexity index is 915. The summed E-state index contributed by atoms with van der Waals surface area (Å²) in [7, 11) is 3.81. The van der Waals surface area contributed by atoms with Crippen LogP contribution in [-0.2, 0) is 16.0 Å². The van der Waals surface area contributed by atoms with Gasteiger partial charge in [0.25, 0.3) is 0 Å². The Kier molecular flexibility index (Phi) is 8.59. The predicted molar refractivity (Wildman–Crippen MR) is 130 cm³/mol. The van der Waals surface area contributed by atoms with Gasteiger partial charge < -0.3 is 19.1 Å². The van der Waals surface area contributed by atoms with Crippen LogP contribution in [0.2, 0.25) is 0 Å². The topological polar surface area (TPSA) is 69.1 Å². The van der Waals surface area contributed by atoms with Crippen molar-refractivity contribution in [3.8, 4) is 5.75 Å². The third kappa shape index (κ3) is 7.08. The lowest BCUT2D eigenvalue weighted by Gasteiger charge is -2.26. The molecule has 1 saturated heterocycles. The van der Waals surface area contributed by atoms with Crippen molar-refractivity contribution in [1.82, 2.24) is 19.6 Å². The summed E-state index contributed by atoms with van der Waals surface area (Å²) in [6.45, 7) is 11.1. The van der Waals surface area contributed by atoms with Gasteiger partial charge in [-0.2, -0.15) is 5.10 Å². The maximum absolute atomic E-state index is 12.2. The third-order valence-electron chi connectivity index (χ3n) is 5.60. The molecule has 0 radical (unpaired) electrons. The quantitative estimate of drug-likeness (QED) is 0.534. The molecule has 1 aromatic carbocycles. The average Bonchev–Trinajstić information content (AvgIpc) is 3.13. The molecule has 0 N–H and O–H groups in total. The first-order valence-corrected chi connectivity index (χ1v) is 12.1. The van der Waals surface area contributed by atoms with Gasteiger partial charge in [-0.25, -0.2) is 9.48 Å².